The van der Waals surface area contributed by atoms with Crippen molar-refractivity contribution in [3.8, 4) is 11.5 Å². The van der Waals surface area contributed by atoms with E-state index in [1.54, 1.807) is 36.6 Å². The summed E-state index contributed by atoms with van der Waals surface area (Å²) in [5, 5.41) is 3.99. The highest BCUT2D eigenvalue weighted by atomic mass is 32.2. The number of nitrogens with zero attached hydrogens (tertiary/aromatic N) is 1. The van der Waals surface area contributed by atoms with Crippen molar-refractivity contribution in [2.45, 2.75) is 31.3 Å². The molecule has 1 atom stereocenters. The topological polar surface area (TPSA) is 93.3 Å². The van der Waals surface area contributed by atoms with Gasteiger partial charge in [0, 0.05) is 10.9 Å². The summed E-state index contributed by atoms with van der Waals surface area (Å²) < 4.78 is 10.5. The van der Waals surface area contributed by atoms with Crippen LogP contribution in [0.25, 0.3) is 10.2 Å². The molecule has 9 heteroatoms. The molecule has 2 N–H and O–H groups in total. The predicted octanol–water partition coefficient (Wildman–Crippen LogP) is 3.86. The van der Waals surface area contributed by atoms with Crippen LogP contribution in [0.5, 0.6) is 11.5 Å². The van der Waals surface area contributed by atoms with Gasteiger partial charge in [-0.25, -0.2) is 4.98 Å². The van der Waals surface area contributed by atoms with Gasteiger partial charge in [-0.1, -0.05) is 18.7 Å². The minimum atomic E-state index is -0.228. The second-order valence-electron chi connectivity index (χ2n) is 7.31. The average molecular weight is 446 g/mol. The van der Waals surface area contributed by atoms with Crippen molar-refractivity contribution < 1.29 is 14.3 Å². The molecule has 0 saturated heterocycles. The molecule has 1 aliphatic rings. The van der Waals surface area contributed by atoms with Crippen molar-refractivity contribution in [2.24, 2.45) is 5.92 Å². The Balaban J connectivity index is 1.49. The number of rotatable bonds is 6. The average Bonchev–Trinajstić information content (AvgIpc) is 3.09. The summed E-state index contributed by atoms with van der Waals surface area (Å²) in [4.78, 5) is 34.6. The SMILES string of the molecule is COc1ccc(OC)c(NC(=O)CSc2nc3sc4c(c3c(=O)[nH]2)CC[C@@H](C)C4)c1. The predicted molar refractivity (Wildman–Crippen MR) is 120 cm³/mol. The minimum absolute atomic E-state index is 0.108. The molecule has 0 spiro atoms. The number of fused-ring (bicyclic) bond motifs is 3. The van der Waals surface area contributed by atoms with Gasteiger partial charge in [-0.15, -0.1) is 11.3 Å². The van der Waals surface area contributed by atoms with Crippen LogP contribution in [-0.4, -0.2) is 35.8 Å². The van der Waals surface area contributed by atoms with Crippen LogP contribution >= 0.6 is 23.1 Å². The van der Waals surface area contributed by atoms with E-state index in [9.17, 15) is 9.59 Å². The fraction of sp³-hybridized carbons (Fsp3) is 0.381. The first-order valence-electron chi connectivity index (χ1n) is 9.67. The summed E-state index contributed by atoms with van der Waals surface area (Å²) in [7, 11) is 3.10. The fourth-order valence-electron chi connectivity index (χ4n) is 3.63. The number of ether oxygens (including phenoxy) is 2. The molecule has 0 fully saturated rings. The molecule has 1 aromatic carbocycles. The number of carbonyl (C=O) groups excluding carboxylic acids is 1. The number of hydrogen-bond donors (Lipinski definition) is 2. The van der Waals surface area contributed by atoms with Crippen molar-refractivity contribution in [2.75, 3.05) is 25.3 Å². The van der Waals surface area contributed by atoms with Gasteiger partial charge in [0.15, 0.2) is 5.16 Å². The second kappa shape index (κ2) is 8.69. The standard InChI is InChI=1S/C21H23N3O4S2/c1-11-4-6-13-16(8-11)30-20-18(13)19(26)23-21(24-20)29-10-17(25)22-14-9-12(27-2)5-7-15(14)28-3/h5,7,9,11H,4,6,8,10H2,1-3H3,(H,22,25)(H,23,24,26)/t11-/m1/s1. The highest BCUT2D eigenvalue weighted by Crippen LogP contribution is 2.36. The van der Waals surface area contributed by atoms with Crippen LogP contribution in [0.1, 0.15) is 23.8 Å². The van der Waals surface area contributed by atoms with Gasteiger partial charge in [0.05, 0.1) is 31.0 Å². The highest BCUT2D eigenvalue weighted by Gasteiger charge is 2.23. The van der Waals surface area contributed by atoms with Crippen LogP contribution < -0.4 is 20.3 Å². The Labute approximate surface area is 182 Å². The van der Waals surface area contributed by atoms with E-state index in [-0.39, 0.29) is 17.2 Å². The minimum Gasteiger partial charge on any atom is -0.497 e. The molecule has 0 radical (unpaired) electrons. The molecule has 158 valence electrons. The lowest BCUT2D eigenvalue weighted by molar-refractivity contribution is -0.113. The number of nitrogens with one attached hydrogen (secondary N) is 2. The number of amides is 1. The number of carbonyl (C=O) groups is 1. The van der Waals surface area contributed by atoms with E-state index in [1.165, 1.54) is 23.7 Å². The monoisotopic (exact) mass is 445 g/mol. The van der Waals surface area contributed by atoms with E-state index in [1.807, 2.05) is 0 Å². The van der Waals surface area contributed by atoms with Crippen molar-refractivity contribution in [3.05, 3.63) is 39.0 Å². The number of aromatic amines is 1. The number of benzene rings is 1. The van der Waals surface area contributed by atoms with Crippen LogP contribution in [0.15, 0.2) is 28.2 Å². The van der Waals surface area contributed by atoms with Crippen LogP contribution in [0.3, 0.4) is 0 Å². The molecule has 1 aliphatic carbocycles. The summed E-state index contributed by atoms with van der Waals surface area (Å²) in [6.07, 6.45) is 3.03. The van der Waals surface area contributed by atoms with E-state index >= 15 is 0 Å². The summed E-state index contributed by atoms with van der Waals surface area (Å²) in [6.45, 7) is 2.24. The summed E-state index contributed by atoms with van der Waals surface area (Å²) >= 11 is 2.80. The van der Waals surface area contributed by atoms with Crippen LogP contribution in [0.4, 0.5) is 5.69 Å². The van der Waals surface area contributed by atoms with Gasteiger partial charge in [-0.05, 0) is 42.9 Å². The molecule has 0 bridgehead atoms. The third-order valence-corrected chi connectivity index (χ3v) is 7.19. The summed E-state index contributed by atoms with van der Waals surface area (Å²) in [5.74, 6) is 1.67. The molecule has 0 aliphatic heterocycles. The quantitative estimate of drug-likeness (QED) is 0.442. The maximum Gasteiger partial charge on any atom is 0.260 e. The maximum atomic E-state index is 12.7. The molecule has 7 nitrogen and oxygen atoms in total. The van der Waals surface area contributed by atoms with Gasteiger partial charge in [-0.2, -0.15) is 0 Å². The zero-order valence-corrected chi connectivity index (χ0v) is 18.7. The molecule has 0 saturated carbocycles. The van der Waals surface area contributed by atoms with Crippen molar-refractivity contribution in [3.63, 3.8) is 0 Å². The lowest BCUT2D eigenvalue weighted by atomic mass is 9.89. The van der Waals surface area contributed by atoms with Gasteiger partial charge in [0.25, 0.3) is 5.56 Å². The number of H-pyrrole nitrogens is 1. The largest absolute Gasteiger partial charge is 0.497 e. The summed E-state index contributed by atoms with van der Waals surface area (Å²) in [6, 6.07) is 5.19. The van der Waals surface area contributed by atoms with Crippen LogP contribution in [0, 0.1) is 5.92 Å². The van der Waals surface area contributed by atoms with E-state index in [2.05, 4.69) is 22.2 Å². The maximum absolute atomic E-state index is 12.7. The Bertz CT molecular complexity index is 1160. The Morgan fingerprint density at radius 3 is 2.97 bits per heavy atom. The second-order valence-corrected chi connectivity index (χ2v) is 9.35. The zero-order valence-electron chi connectivity index (χ0n) is 17.0. The highest BCUT2D eigenvalue weighted by molar-refractivity contribution is 7.99. The molecule has 1 amide bonds. The first-order chi connectivity index (χ1) is 14.5. The smallest absolute Gasteiger partial charge is 0.260 e. The molecular formula is C21H23N3O4S2. The number of methoxy groups -OCH3 is 2. The molecular weight excluding hydrogens is 422 g/mol. The third-order valence-electron chi connectivity index (χ3n) is 5.16. The number of aromatic nitrogens is 2. The van der Waals surface area contributed by atoms with Crippen molar-refractivity contribution >= 4 is 44.9 Å². The lowest BCUT2D eigenvalue weighted by Gasteiger charge is -2.17. The van der Waals surface area contributed by atoms with Gasteiger partial charge in [0.1, 0.15) is 16.3 Å². The van der Waals surface area contributed by atoms with E-state index in [0.29, 0.717) is 28.3 Å². The van der Waals surface area contributed by atoms with Gasteiger partial charge >= 0.3 is 0 Å². The van der Waals surface area contributed by atoms with Crippen molar-refractivity contribution in [1.29, 1.82) is 0 Å². The third kappa shape index (κ3) is 4.17. The number of hydrogen-bond acceptors (Lipinski definition) is 7. The Hall–Kier alpha value is -2.52. The number of thioether (sulfide) groups is 1. The Kier molecular flexibility index (Phi) is 6.01. The first-order valence-corrected chi connectivity index (χ1v) is 11.5. The van der Waals surface area contributed by atoms with E-state index in [0.717, 1.165) is 35.0 Å². The van der Waals surface area contributed by atoms with Crippen LogP contribution in [0.2, 0.25) is 0 Å². The number of aryl methyl sites for hydroxylation is 1. The van der Waals surface area contributed by atoms with Gasteiger partial charge in [-0.3, -0.25) is 9.59 Å². The van der Waals surface area contributed by atoms with Gasteiger partial charge < -0.3 is 19.8 Å². The number of anilines is 1. The Morgan fingerprint density at radius 1 is 1.37 bits per heavy atom. The summed E-state index contributed by atoms with van der Waals surface area (Å²) in [5.41, 5.74) is 1.56. The normalized spacial score (nSPS) is 15.6. The fourth-order valence-corrected chi connectivity index (χ4v) is 5.73. The molecule has 4 rings (SSSR count). The van der Waals surface area contributed by atoms with E-state index < -0.39 is 0 Å². The molecule has 2 heterocycles. The van der Waals surface area contributed by atoms with E-state index in [4.69, 9.17) is 9.47 Å². The van der Waals surface area contributed by atoms with Crippen molar-refractivity contribution in [1.82, 2.24) is 9.97 Å². The molecule has 3 aromatic rings. The van der Waals surface area contributed by atoms with Gasteiger partial charge in [0.2, 0.25) is 5.91 Å². The van der Waals surface area contributed by atoms with Crippen LogP contribution in [-0.2, 0) is 17.6 Å². The first kappa shape index (κ1) is 20.7. The zero-order chi connectivity index (χ0) is 21.3. The molecule has 0 unspecified atom stereocenters. The lowest BCUT2D eigenvalue weighted by Crippen LogP contribution is -2.16. The molecule has 30 heavy (non-hydrogen) atoms. The molecule has 2 aromatic heterocycles. The Morgan fingerprint density at radius 2 is 2.20 bits per heavy atom. The number of thiophene rings is 1.